The second-order valence-electron chi connectivity index (χ2n) is 9.18. The molecule has 0 aliphatic rings. The number of unbranched alkanes of at least 4 members (excludes halogenated alkanes) is 2. The summed E-state index contributed by atoms with van der Waals surface area (Å²) in [6.07, 6.45) is 1.53. The first-order valence-corrected chi connectivity index (χ1v) is 15.5. The Labute approximate surface area is 246 Å². The van der Waals surface area contributed by atoms with Crippen LogP contribution in [0.2, 0.25) is 0 Å². The van der Waals surface area contributed by atoms with Crippen molar-refractivity contribution in [2.24, 2.45) is 0 Å². The molecule has 0 aliphatic heterocycles. The predicted molar refractivity (Wildman–Crippen MR) is 156 cm³/mol. The predicted octanol–water partition coefficient (Wildman–Crippen LogP) is 4.42. The molecule has 0 N–H and O–H groups in total. The van der Waals surface area contributed by atoms with Crippen LogP contribution in [0.3, 0.4) is 0 Å². The van der Waals surface area contributed by atoms with Gasteiger partial charge in [-0.15, -0.1) is 10.1 Å². The molecule has 0 spiro atoms. The van der Waals surface area contributed by atoms with E-state index >= 15 is 0 Å². The lowest BCUT2D eigenvalue weighted by atomic mass is 9.95. The highest BCUT2D eigenvalue weighted by atomic mass is 32.2. The molecule has 0 heterocycles. The number of carbonyl (C=O) groups is 2. The van der Waals surface area contributed by atoms with E-state index < -0.39 is 27.0 Å². The van der Waals surface area contributed by atoms with Gasteiger partial charge in [0.15, 0.2) is 9.84 Å². The van der Waals surface area contributed by atoms with Crippen LogP contribution in [0.5, 0.6) is 0 Å². The Morgan fingerprint density at radius 3 is 2.07 bits per heavy atom. The third kappa shape index (κ3) is 11.9. The van der Waals surface area contributed by atoms with E-state index in [4.69, 9.17) is 14.2 Å². The second-order valence-corrected chi connectivity index (χ2v) is 11.2. The summed E-state index contributed by atoms with van der Waals surface area (Å²) in [4.78, 5) is 42.5. The highest BCUT2D eigenvalue weighted by Crippen LogP contribution is 2.29. The number of sulfone groups is 1. The number of benzene rings is 2. The van der Waals surface area contributed by atoms with Gasteiger partial charge in [0, 0.05) is 18.4 Å². The Bertz CT molecular complexity index is 1290. The lowest BCUT2D eigenvalue weighted by Crippen LogP contribution is -2.28. The molecule has 13 heteroatoms. The van der Waals surface area contributed by atoms with E-state index in [1.807, 2.05) is 13.8 Å². The van der Waals surface area contributed by atoms with E-state index in [0.29, 0.717) is 42.5 Å². The number of rotatable bonds is 18. The number of likely N-dealkylation sites (N-methyl/N-ethyl adjacent to an activating group) is 1. The number of ether oxygens (including phenoxy) is 3. The monoisotopic (exact) mass is 606 g/mol. The summed E-state index contributed by atoms with van der Waals surface area (Å²) in [5, 5.41) is 9.33. The molecular weight excluding hydrogens is 568 g/mol. The molecule has 0 aliphatic carbocycles. The van der Waals surface area contributed by atoms with Gasteiger partial charge in [0.2, 0.25) is 0 Å². The van der Waals surface area contributed by atoms with Gasteiger partial charge in [-0.1, -0.05) is 56.3 Å². The molecule has 0 unspecified atom stereocenters. The number of hydrogen-bond acceptors (Lipinski definition) is 11. The van der Waals surface area contributed by atoms with Gasteiger partial charge < -0.3 is 23.9 Å². The fourth-order valence-corrected chi connectivity index (χ4v) is 4.58. The van der Waals surface area contributed by atoms with Crippen LogP contribution < -0.4 is 0 Å². The van der Waals surface area contributed by atoms with E-state index in [2.05, 4.69) is 9.74 Å². The van der Waals surface area contributed by atoms with Crippen molar-refractivity contribution in [1.29, 1.82) is 0 Å². The summed E-state index contributed by atoms with van der Waals surface area (Å²) in [6.45, 7) is 5.94. The Morgan fingerprint density at radius 2 is 1.48 bits per heavy atom. The third-order valence-corrected chi connectivity index (χ3v) is 7.40. The van der Waals surface area contributed by atoms with Crippen LogP contribution in [0.1, 0.15) is 44.2 Å². The normalized spacial score (nSPS) is 11.9. The molecule has 230 valence electrons. The maximum atomic E-state index is 13.5. The molecular formula is C29H38N2O10S. The van der Waals surface area contributed by atoms with Gasteiger partial charge in [-0.2, -0.15) is 0 Å². The first-order chi connectivity index (χ1) is 20.1. The molecule has 0 atom stereocenters. The van der Waals surface area contributed by atoms with Crippen molar-refractivity contribution in [3.63, 3.8) is 0 Å². The minimum atomic E-state index is -3.47. The van der Waals surface area contributed by atoms with Crippen molar-refractivity contribution in [2.45, 2.75) is 38.0 Å². The molecule has 2 aromatic rings. The first kappa shape index (κ1) is 34.2. The Balaban J connectivity index is 2.30. The second kappa shape index (κ2) is 17.8. The molecule has 0 saturated carbocycles. The van der Waals surface area contributed by atoms with Crippen molar-refractivity contribution in [2.75, 3.05) is 52.3 Å². The summed E-state index contributed by atoms with van der Waals surface area (Å²) in [5.74, 6) is -0.621. The van der Waals surface area contributed by atoms with Crippen molar-refractivity contribution in [1.82, 2.24) is 4.90 Å². The molecule has 12 nitrogen and oxygen atoms in total. The minimum Gasteiger partial charge on any atom is -0.461 e. The van der Waals surface area contributed by atoms with Crippen LogP contribution >= 0.6 is 0 Å². The van der Waals surface area contributed by atoms with E-state index in [1.54, 1.807) is 42.5 Å². The maximum Gasteiger partial charge on any atom is 0.508 e. The van der Waals surface area contributed by atoms with E-state index in [-0.39, 0.29) is 36.9 Å². The lowest BCUT2D eigenvalue weighted by Gasteiger charge is -2.19. The van der Waals surface area contributed by atoms with Crippen LogP contribution in [0.4, 0.5) is 4.79 Å². The van der Waals surface area contributed by atoms with Crippen LogP contribution in [-0.4, -0.2) is 82.8 Å². The molecule has 0 amide bonds. The molecule has 0 bridgehead atoms. The van der Waals surface area contributed by atoms with Crippen molar-refractivity contribution in [3.8, 4) is 0 Å². The van der Waals surface area contributed by atoms with Gasteiger partial charge in [-0.05, 0) is 55.6 Å². The van der Waals surface area contributed by atoms with Gasteiger partial charge in [-0.25, -0.2) is 18.0 Å². The average Bonchev–Trinajstić information content (AvgIpc) is 2.96. The smallest absolute Gasteiger partial charge is 0.461 e. The summed E-state index contributed by atoms with van der Waals surface area (Å²) >= 11 is 0. The summed E-state index contributed by atoms with van der Waals surface area (Å²) in [7, 11) is -3.47. The number of nitrogens with zero attached hydrogens (tertiary/aromatic N) is 2. The number of esters is 1. The van der Waals surface area contributed by atoms with Gasteiger partial charge in [0.05, 0.1) is 23.7 Å². The van der Waals surface area contributed by atoms with Crippen molar-refractivity contribution >= 4 is 33.1 Å². The van der Waals surface area contributed by atoms with Gasteiger partial charge in [0.1, 0.15) is 13.2 Å². The zero-order valence-corrected chi connectivity index (χ0v) is 25.0. The zero-order valence-electron chi connectivity index (χ0n) is 24.2. The van der Waals surface area contributed by atoms with Gasteiger partial charge in [-0.3, -0.25) is 0 Å². The number of carbonyl (C=O) groups excluding carboxylic acids is 2. The third-order valence-electron chi connectivity index (χ3n) is 6.27. The number of hydrogen-bond donors (Lipinski definition) is 0. The Kier molecular flexibility index (Phi) is 14.5. The van der Waals surface area contributed by atoms with Gasteiger partial charge in [0.25, 0.3) is 5.09 Å². The van der Waals surface area contributed by atoms with Crippen LogP contribution in [0, 0.1) is 10.1 Å². The van der Waals surface area contributed by atoms with Crippen LogP contribution in [0.25, 0.3) is 11.1 Å². The lowest BCUT2D eigenvalue weighted by molar-refractivity contribution is -0.757. The molecule has 2 rings (SSSR count). The van der Waals surface area contributed by atoms with Gasteiger partial charge >= 0.3 is 12.1 Å². The maximum absolute atomic E-state index is 13.5. The molecule has 42 heavy (non-hydrogen) atoms. The first-order valence-electron chi connectivity index (χ1n) is 13.6. The molecule has 0 radical (unpaired) electrons. The molecule has 2 aromatic carbocycles. The molecule has 0 fully saturated rings. The quantitative estimate of drug-likeness (QED) is 0.0592. The van der Waals surface area contributed by atoms with E-state index in [0.717, 1.165) is 19.3 Å². The standard InChI is InChI=1S/C29H38N2O10S/c1-4-30(5-2)18-21-38-28(32)27(24-12-8-6-9-13-24)26(23-14-16-25(17-15-23)42(3,36)37)22-40-29(33)39-19-10-7-11-20-41-31(34)35/h6,8-9,12-17H,4-5,7,10-11,18-22H2,1-3H3/b27-26+. The summed E-state index contributed by atoms with van der Waals surface area (Å²) in [6, 6.07) is 14.7. The Morgan fingerprint density at radius 1 is 0.833 bits per heavy atom. The highest BCUT2D eigenvalue weighted by Gasteiger charge is 2.23. The minimum absolute atomic E-state index is 0.0261. The zero-order chi connectivity index (χ0) is 31.0. The SMILES string of the molecule is CCN(CC)CCOC(=O)/C(=C(\COC(=O)OCCCCCO[N+](=O)[O-])c1ccc(S(C)(=O)=O)cc1)c1ccccc1. The van der Waals surface area contributed by atoms with E-state index in [9.17, 15) is 28.1 Å². The largest absolute Gasteiger partial charge is 0.508 e. The fourth-order valence-electron chi connectivity index (χ4n) is 3.95. The highest BCUT2D eigenvalue weighted by molar-refractivity contribution is 7.90. The molecule has 0 saturated heterocycles. The fraction of sp³-hybridized carbons (Fsp3) is 0.448. The van der Waals surface area contributed by atoms with Crippen LogP contribution in [-0.2, 0) is 33.7 Å². The van der Waals surface area contributed by atoms with E-state index in [1.165, 1.54) is 12.1 Å². The summed E-state index contributed by atoms with van der Waals surface area (Å²) < 4.78 is 40.2. The molecule has 0 aromatic heterocycles. The average molecular weight is 607 g/mol. The topological polar surface area (TPSA) is 152 Å². The van der Waals surface area contributed by atoms with Crippen molar-refractivity contribution < 1.29 is 42.1 Å². The van der Waals surface area contributed by atoms with Crippen LogP contribution in [0.15, 0.2) is 59.5 Å². The van der Waals surface area contributed by atoms with Crippen molar-refractivity contribution in [3.05, 3.63) is 75.8 Å². The Hall–Kier alpha value is -3.97. The summed E-state index contributed by atoms with van der Waals surface area (Å²) in [5.41, 5.74) is 1.46.